The van der Waals surface area contributed by atoms with E-state index in [-0.39, 0.29) is 11.8 Å². The minimum Gasteiger partial charge on any atom is -0.480 e. The van der Waals surface area contributed by atoms with Crippen molar-refractivity contribution in [3.05, 3.63) is 65.2 Å². The van der Waals surface area contributed by atoms with Crippen LogP contribution in [0.3, 0.4) is 0 Å². The van der Waals surface area contributed by atoms with E-state index in [4.69, 9.17) is 4.74 Å². The molecule has 3 rings (SSSR count). The zero-order valence-electron chi connectivity index (χ0n) is 13.8. The van der Waals surface area contributed by atoms with Crippen LogP contribution in [0.5, 0.6) is 5.75 Å². The molecule has 1 heterocycles. The van der Waals surface area contributed by atoms with Crippen molar-refractivity contribution in [3.8, 4) is 5.75 Å². The maximum absolute atomic E-state index is 12.3. The largest absolute Gasteiger partial charge is 0.480 e. The second kappa shape index (κ2) is 6.74. The van der Waals surface area contributed by atoms with Gasteiger partial charge in [0.05, 0.1) is 0 Å². The fourth-order valence-electron chi connectivity index (χ4n) is 2.65. The molecule has 1 atom stereocenters. The molecule has 1 aliphatic heterocycles. The first-order chi connectivity index (χ1) is 11.5. The summed E-state index contributed by atoms with van der Waals surface area (Å²) in [5.74, 6) is 0.617. The van der Waals surface area contributed by atoms with Gasteiger partial charge in [-0.25, -0.2) is 0 Å². The molecule has 24 heavy (non-hydrogen) atoms. The minimum absolute atomic E-state index is 0.0392. The van der Waals surface area contributed by atoms with Gasteiger partial charge in [-0.15, -0.1) is 0 Å². The summed E-state index contributed by atoms with van der Waals surface area (Å²) in [4.78, 5) is 25.6. The fourth-order valence-corrected chi connectivity index (χ4v) is 2.65. The van der Waals surface area contributed by atoms with Crippen molar-refractivity contribution in [3.63, 3.8) is 0 Å². The van der Waals surface area contributed by atoms with E-state index in [1.54, 1.807) is 26.2 Å². The summed E-state index contributed by atoms with van der Waals surface area (Å²) in [5.41, 5.74) is 2.63. The van der Waals surface area contributed by atoms with Gasteiger partial charge in [0.1, 0.15) is 5.75 Å². The first-order valence-electron chi connectivity index (χ1n) is 7.87. The third kappa shape index (κ3) is 3.40. The van der Waals surface area contributed by atoms with Crippen LogP contribution in [0.2, 0.25) is 0 Å². The average molecular weight is 324 g/mol. The van der Waals surface area contributed by atoms with Gasteiger partial charge in [-0.1, -0.05) is 30.3 Å². The number of amides is 2. The van der Waals surface area contributed by atoms with E-state index in [0.29, 0.717) is 18.5 Å². The Hall–Kier alpha value is -2.82. The first kappa shape index (κ1) is 16.1. The highest BCUT2D eigenvalue weighted by molar-refractivity contribution is 5.93. The molecule has 1 aliphatic rings. The topological polar surface area (TPSA) is 58.6 Å². The molecule has 5 nitrogen and oxygen atoms in total. The van der Waals surface area contributed by atoms with Gasteiger partial charge in [0.2, 0.25) is 0 Å². The van der Waals surface area contributed by atoms with E-state index in [0.717, 1.165) is 16.9 Å². The van der Waals surface area contributed by atoms with E-state index in [1.165, 1.54) is 4.90 Å². The molecule has 5 heteroatoms. The van der Waals surface area contributed by atoms with Crippen molar-refractivity contribution < 1.29 is 14.3 Å². The summed E-state index contributed by atoms with van der Waals surface area (Å²) < 4.78 is 5.67. The van der Waals surface area contributed by atoms with Crippen LogP contribution >= 0.6 is 0 Å². The summed E-state index contributed by atoms with van der Waals surface area (Å²) in [6, 6.07) is 14.9. The molecule has 2 amide bonds. The predicted molar refractivity (Wildman–Crippen MR) is 90.9 cm³/mol. The summed E-state index contributed by atoms with van der Waals surface area (Å²) in [6.07, 6.45) is 0.121. The lowest BCUT2D eigenvalue weighted by molar-refractivity contribution is -0.127. The lowest BCUT2D eigenvalue weighted by Crippen LogP contribution is -2.37. The van der Waals surface area contributed by atoms with E-state index < -0.39 is 6.10 Å². The number of rotatable bonds is 4. The number of hydrogen-bond acceptors (Lipinski definition) is 3. The maximum Gasteiger partial charge on any atom is 0.261 e. The molecule has 0 saturated heterocycles. The molecule has 0 fully saturated rings. The molecule has 2 aromatic carbocycles. The van der Waals surface area contributed by atoms with Crippen LogP contribution in [0.4, 0.5) is 0 Å². The van der Waals surface area contributed by atoms with Crippen molar-refractivity contribution in [1.82, 2.24) is 10.2 Å². The number of carbonyl (C=O) groups excluding carboxylic acids is 2. The Morgan fingerprint density at radius 1 is 1.12 bits per heavy atom. The van der Waals surface area contributed by atoms with Gasteiger partial charge in [-0.05, 0) is 29.3 Å². The molecule has 0 spiro atoms. The van der Waals surface area contributed by atoms with Crippen molar-refractivity contribution >= 4 is 11.8 Å². The number of benzene rings is 2. The first-order valence-corrected chi connectivity index (χ1v) is 7.87. The highest BCUT2D eigenvalue weighted by Crippen LogP contribution is 2.28. The van der Waals surface area contributed by atoms with Gasteiger partial charge in [0.15, 0.2) is 6.10 Å². The standard InChI is InChI=1S/C19H20N2O3/c1-21(2)19(23)14-9-7-13(8-10-14)12-20-18(22)17-11-15-5-3-4-6-16(15)24-17/h3-10,17H,11-12H2,1-2H3,(H,20,22)/t17-/m1/s1. The fraction of sp³-hybridized carbons (Fsp3) is 0.263. The number of nitrogens with zero attached hydrogens (tertiary/aromatic N) is 1. The van der Waals surface area contributed by atoms with Crippen LogP contribution in [-0.4, -0.2) is 36.9 Å². The average Bonchev–Trinajstić information content (AvgIpc) is 3.03. The monoisotopic (exact) mass is 324 g/mol. The molecule has 1 N–H and O–H groups in total. The number of ether oxygens (including phenoxy) is 1. The second-order valence-electron chi connectivity index (χ2n) is 6.03. The Labute approximate surface area is 141 Å². The molecule has 0 radical (unpaired) electrons. The summed E-state index contributed by atoms with van der Waals surface area (Å²) >= 11 is 0. The van der Waals surface area contributed by atoms with Crippen LogP contribution in [0, 0.1) is 0 Å². The molecule has 124 valence electrons. The van der Waals surface area contributed by atoms with Gasteiger partial charge in [-0.3, -0.25) is 9.59 Å². The number of para-hydroxylation sites is 1. The Kier molecular flexibility index (Phi) is 4.51. The van der Waals surface area contributed by atoms with Gasteiger partial charge in [0, 0.05) is 32.6 Å². The summed E-state index contributed by atoms with van der Waals surface area (Å²) in [7, 11) is 3.44. The molecule has 0 saturated carbocycles. The molecule has 0 aromatic heterocycles. The van der Waals surface area contributed by atoms with Crippen LogP contribution < -0.4 is 10.1 Å². The van der Waals surface area contributed by atoms with E-state index in [2.05, 4.69) is 5.32 Å². The Bertz CT molecular complexity index is 728. The third-order valence-electron chi connectivity index (χ3n) is 4.01. The SMILES string of the molecule is CN(C)C(=O)c1ccc(CNC(=O)[C@H]2Cc3ccccc3O2)cc1. The summed E-state index contributed by atoms with van der Waals surface area (Å²) in [6.45, 7) is 0.408. The Morgan fingerprint density at radius 3 is 2.50 bits per heavy atom. The van der Waals surface area contributed by atoms with Gasteiger partial charge in [0.25, 0.3) is 11.8 Å². The van der Waals surface area contributed by atoms with Crippen LogP contribution in [0.1, 0.15) is 21.5 Å². The summed E-state index contributed by atoms with van der Waals surface area (Å²) in [5, 5.41) is 2.89. The van der Waals surface area contributed by atoms with Gasteiger partial charge < -0.3 is 15.0 Å². The minimum atomic E-state index is -0.475. The lowest BCUT2D eigenvalue weighted by atomic mass is 10.1. The smallest absolute Gasteiger partial charge is 0.261 e. The third-order valence-corrected chi connectivity index (χ3v) is 4.01. The molecular weight excluding hydrogens is 304 g/mol. The highest BCUT2D eigenvalue weighted by atomic mass is 16.5. The Morgan fingerprint density at radius 2 is 1.83 bits per heavy atom. The number of carbonyl (C=O) groups is 2. The predicted octanol–water partition coefficient (Wildman–Crippen LogP) is 2.01. The lowest BCUT2D eigenvalue weighted by Gasteiger charge is -2.12. The zero-order chi connectivity index (χ0) is 17.1. The normalized spacial score (nSPS) is 15.3. The van der Waals surface area contributed by atoms with Gasteiger partial charge >= 0.3 is 0 Å². The maximum atomic E-state index is 12.3. The Balaban J connectivity index is 1.55. The number of fused-ring (bicyclic) bond motifs is 1. The van der Waals surface area contributed by atoms with Gasteiger partial charge in [-0.2, -0.15) is 0 Å². The van der Waals surface area contributed by atoms with Crippen molar-refractivity contribution in [2.45, 2.75) is 19.1 Å². The van der Waals surface area contributed by atoms with E-state index >= 15 is 0 Å². The molecule has 2 aromatic rings. The molecular formula is C19H20N2O3. The van der Waals surface area contributed by atoms with E-state index in [1.807, 2.05) is 36.4 Å². The van der Waals surface area contributed by atoms with Crippen molar-refractivity contribution in [2.75, 3.05) is 14.1 Å². The highest BCUT2D eigenvalue weighted by Gasteiger charge is 2.28. The molecule has 0 unspecified atom stereocenters. The van der Waals surface area contributed by atoms with E-state index in [9.17, 15) is 9.59 Å². The van der Waals surface area contributed by atoms with Crippen LogP contribution in [-0.2, 0) is 17.8 Å². The molecule has 0 aliphatic carbocycles. The van der Waals surface area contributed by atoms with Crippen molar-refractivity contribution in [1.29, 1.82) is 0 Å². The van der Waals surface area contributed by atoms with Crippen LogP contribution in [0.15, 0.2) is 48.5 Å². The zero-order valence-corrected chi connectivity index (χ0v) is 13.8. The van der Waals surface area contributed by atoms with Crippen molar-refractivity contribution in [2.24, 2.45) is 0 Å². The van der Waals surface area contributed by atoms with Crippen LogP contribution in [0.25, 0.3) is 0 Å². The number of hydrogen-bond donors (Lipinski definition) is 1. The number of nitrogens with one attached hydrogen (secondary N) is 1. The quantitative estimate of drug-likeness (QED) is 0.936. The second-order valence-corrected chi connectivity index (χ2v) is 6.03. The molecule has 0 bridgehead atoms.